The molecule has 1 aliphatic rings. The molecular formula is C16H24ClN5O. The van der Waals surface area contributed by atoms with Crippen LogP contribution in [0.1, 0.15) is 36.0 Å². The lowest BCUT2D eigenvalue weighted by atomic mass is 9.91. The first-order valence-corrected chi connectivity index (χ1v) is 8.42. The Hall–Kier alpha value is -1.37. The van der Waals surface area contributed by atoms with E-state index in [4.69, 9.17) is 16.3 Å². The first kappa shape index (κ1) is 16.5. The van der Waals surface area contributed by atoms with Gasteiger partial charge in [-0.25, -0.2) is 4.98 Å². The minimum absolute atomic E-state index is 0.189. The number of aromatic nitrogens is 4. The van der Waals surface area contributed by atoms with E-state index in [0.717, 1.165) is 43.1 Å². The third-order valence-electron chi connectivity index (χ3n) is 4.64. The topological polar surface area (TPSA) is 56.9 Å². The fraction of sp³-hybridized carbons (Fsp3) is 0.625. The SMILES string of the molecule is Cc1nn(C)c(Cl)c1CNC(c1nccn1C)C1CCOCC1. The number of nitrogens with zero attached hydrogens (tertiary/aromatic N) is 4. The van der Waals surface area contributed by atoms with Crippen LogP contribution in [0.2, 0.25) is 5.15 Å². The highest BCUT2D eigenvalue weighted by Crippen LogP contribution is 2.30. The van der Waals surface area contributed by atoms with E-state index >= 15 is 0 Å². The monoisotopic (exact) mass is 337 g/mol. The standard InChI is InChI=1S/C16H24ClN5O/c1-11-13(15(17)22(3)20-11)10-19-14(12-4-8-23-9-5-12)16-18-6-7-21(16)2/h6-7,12,14,19H,4-5,8-10H2,1-3H3. The first-order valence-electron chi connectivity index (χ1n) is 8.04. The summed E-state index contributed by atoms with van der Waals surface area (Å²) in [5, 5.41) is 8.75. The molecule has 0 saturated carbocycles. The van der Waals surface area contributed by atoms with Gasteiger partial charge in [0.2, 0.25) is 0 Å². The molecular weight excluding hydrogens is 314 g/mol. The molecule has 1 fully saturated rings. The quantitative estimate of drug-likeness (QED) is 0.910. The predicted molar refractivity (Wildman–Crippen MR) is 89.3 cm³/mol. The Labute approximate surface area is 141 Å². The van der Waals surface area contributed by atoms with E-state index in [2.05, 4.69) is 20.0 Å². The van der Waals surface area contributed by atoms with Crippen LogP contribution >= 0.6 is 11.6 Å². The van der Waals surface area contributed by atoms with Crippen molar-refractivity contribution in [3.05, 3.63) is 34.6 Å². The van der Waals surface area contributed by atoms with Gasteiger partial charge in [-0.1, -0.05) is 11.6 Å². The highest BCUT2D eigenvalue weighted by atomic mass is 35.5. The van der Waals surface area contributed by atoms with Gasteiger partial charge in [0.1, 0.15) is 11.0 Å². The van der Waals surface area contributed by atoms with Crippen LogP contribution in [-0.4, -0.2) is 32.5 Å². The number of ether oxygens (including phenoxy) is 1. The van der Waals surface area contributed by atoms with E-state index in [9.17, 15) is 0 Å². The van der Waals surface area contributed by atoms with Crippen molar-refractivity contribution in [3.8, 4) is 0 Å². The van der Waals surface area contributed by atoms with Crippen LogP contribution in [0.5, 0.6) is 0 Å². The van der Waals surface area contributed by atoms with Crippen molar-refractivity contribution >= 4 is 11.6 Å². The van der Waals surface area contributed by atoms with Crippen LogP contribution < -0.4 is 5.32 Å². The molecule has 1 saturated heterocycles. The third kappa shape index (κ3) is 3.44. The van der Waals surface area contributed by atoms with Crippen molar-refractivity contribution in [1.82, 2.24) is 24.6 Å². The van der Waals surface area contributed by atoms with Crippen molar-refractivity contribution in [2.75, 3.05) is 13.2 Å². The van der Waals surface area contributed by atoms with Crippen LogP contribution in [0.15, 0.2) is 12.4 Å². The molecule has 23 heavy (non-hydrogen) atoms. The Bertz CT molecular complexity index is 659. The Morgan fingerprint density at radius 2 is 2.13 bits per heavy atom. The molecule has 3 rings (SSSR count). The van der Waals surface area contributed by atoms with Gasteiger partial charge in [-0.3, -0.25) is 4.68 Å². The average molecular weight is 338 g/mol. The van der Waals surface area contributed by atoms with Gasteiger partial charge in [-0.15, -0.1) is 0 Å². The van der Waals surface area contributed by atoms with Crippen LogP contribution in [0.3, 0.4) is 0 Å². The molecule has 0 bridgehead atoms. The lowest BCUT2D eigenvalue weighted by molar-refractivity contribution is 0.0518. The van der Waals surface area contributed by atoms with Gasteiger partial charge in [0.15, 0.2) is 0 Å². The second-order valence-corrected chi connectivity index (χ2v) is 6.54. The number of aryl methyl sites for hydroxylation is 3. The summed E-state index contributed by atoms with van der Waals surface area (Å²) in [4.78, 5) is 4.56. The molecule has 0 radical (unpaired) electrons. The molecule has 1 atom stereocenters. The normalized spacial score (nSPS) is 17.6. The minimum atomic E-state index is 0.189. The summed E-state index contributed by atoms with van der Waals surface area (Å²) < 4.78 is 9.32. The van der Waals surface area contributed by atoms with Crippen LogP contribution in [0.4, 0.5) is 0 Å². The summed E-state index contributed by atoms with van der Waals surface area (Å²) in [6.07, 6.45) is 5.94. The summed E-state index contributed by atoms with van der Waals surface area (Å²) in [5.74, 6) is 1.58. The molecule has 2 aromatic rings. The van der Waals surface area contributed by atoms with E-state index in [1.54, 1.807) is 4.68 Å². The van der Waals surface area contributed by atoms with Gasteiger partial charge in [-0.05, 0) is 25.7 Å². The van der Waals surface area contributed by atoms with Crippen LogP contribution in [0, 0.1) is 12.8 Å². The highest BCUT2D eigenvalue weighted by Gasteiger charge is 2.28. The first-order chi connectivity index (χ1) is 11.1. The number of hydrogen-bond acceptors (Lipinski definition) is 4. The smallest absolute Gasteiger partial charge is 0.131 e. The minimum Gasteiger partial charge on any atom is -0.381 e. The van der Waals surface area contributed by atoms with Crippen molar-refractivity contribution in [2.24, 2.45) is 20.0 Å². The Kier molecular flexibility index (Phi) is 5.04. The molecule has 0 spiro atoms. The second kappa shape index (κ2) is 7.03. The summed E-state index contributed by atoms with van der Waals surface area (Å²) in [6, 6.07) is 0.189. The summed E-state index contributed by atoms with van der Waals surface area (Å²) in [5.41, 5.74) is 2.02. The molecule has 1 unspecified atom stereocenters. The highest BCUT2D eigenvalue weighted by molar-refractivity contribution is 6.30. The predicted octanol–water partition coefficient (Wildman–Crippen LogP) is 2.37. The van der Waals surface area contributed by atoms with E-state index < -0.39 is 0 Å². The van der Waals surface area contributed by atoms with E-state index in [0.29, 0.717) is 17.6 Å². The van der Waals surface area contributed by atoms with E-state index in [1.807, 2.05) is 33.4 Å². The molecule has 126 valence electrons. The van der Waals surface area contributed by atoms with Gasteiger partial charge in [-0.2, -0.15) is 5.10 Å². The number of halogens is 1. The molecule has 2 aromatic heterocycles. The Morgan fingerprint density at radius 3 is 2.70 bits per heavy atom. The van der Waals surface area contributed by atoms with Gasteiger partial charge >= 0.3 is 0 Å². The van der Waals surface area contributed by atoms with E-state index in [-0.39, 0.29) is 6.04 Å². The maximum atomic E-state index is 6.36. The second-order valence-electron chi connectivity index (χ2n) is 6.18. The van der Waals surface area contributed by atoms with Gasteiger partial charge in [0.25, 0.3) is 0 Å². The third-order valence-corrected chi connectivity index (χ3v) is 5.12. The van der Waals surface area contributed by atoms with Crippen LogP contribution in [-0.2, 0) is 25.4 Å². The summed E-state index contributed by atoms with van der Waals surface area (Å²) in [7, 11) is 3.91. The fourth-order valence-corrected chi connectivity index (χ4v) is 3.52. The van der Waals surface area contributed by atoms with Gasteiger partial charge in [0.05, 0.1) is 11.7 Å². The van der Waals surface area contributed by atoms with Crippen molar-refractivity contribution in [2.45, 2.75) is 32.4 Å². The summed E-state index contributed by atoms with van der Waals surface area (Å²) in [6.45, 7) is 4.32. The fourth-order valence-electron chi connectivity index (χ4n) is 3.28. The molecule has 3 heterocycles. The number of nitrogens with one attached hydrogen (secondary N) is 1. The molecule has 0 aliphatic carbocycles. The van der Waals surface area contributed by atoms with Crippen molar-refractivity contribution < 1.29 is 4.74 Å². The molecule has 1 N–H and O–H groups in total. The zero-order chi connectivity index (χ0) is 16.4. The Morgan fingerprint density at radius 1 is 1.39 bits per heavy atom. The molecule has 6 nitrogen and oxygen atoms in total. The van der Waals surface area contributed by atoms with Crippen LogP contribution in [0.25, 0.3) is 0 Å². The maximum absolute atomic E-state index is 6.36. The maximum Gasteiger partial charge on any atom is 0.131 e. The lowest BCUT2D eigenvalue weighted by Crippen LogP contribution is -2.33. The van der Waals surface area contributed by atoms with Gasteiger partial charge in [0, 0.05) is 51.8 Å². The van der Waals surface area contributed by atoms with Crippen molar-refractivity contribution in [1.29, 1.82) is 0 Å². The zero-order valence-electron chi connectivity index (χ0n) is 13.9. The number of hydrogen-bond donors (Lipinski definition) is 1. The lowest BCUT2D eigenvalue weighted by Gasteiger charge is -2.30. The molecule has 1 aliphatic heterocycles. The molecule has 0 aromatic carbocycles. The van der Waals surface area contributed by atoms with Crippen molar-refractivity contribution in [3.63, 3.8) is 0 Å². The molecule has 7 heteroatoms. The zero-order valence-corrected chi connectivity index (χ0v) is 14.7. The average Bonchev–Trinajstić information content (AvgIpc) is 3.07. The van der Waals surface area contributed by atoms with E-state index in [1.165, 1.54) is 0 Å². The number of rotatable bonds is 5. The van der Waals surface area contributed by atoms with Gasteiger partial charge < -0.3 is 14.6 Å². The number of imidazole rings is 1. The summed E-state index contributed by atoms with van der Waals surface area (Å²) >= 11 is 6.36. The Balaban J connectivity index is 1.80. The largest absolute Gasteiger partial charge is 0.381 e. The molecule has 0 amide bonds.